The number of hydrogen-bond donors (Lipinski definition) is 1. The van der Waals surface area contributed by atoms with E-state index < -0.39 is 0 Å². The largest absolute Gasteiger partial charge is 0.465 e. The van der Waals surface area contributed by atoms with Gasteiger partial charge in [-0.2, -0.15) is 5.26 Å². The number of nitriles is 1. The molecule has 1 atom stereocenters. The zero-order valence-corrected chi connectivity index (χ0v) is 14.4. The van der Waals surface area contributed by atoms with Crippen molar-refractivity contribution in [2.45, 2.75) is 32.1 Å². The van der Waals surface area contributed by atoms with Crippen molar-refractivity contribution in [3.8, 4) is 6.07 Å². The summed E-state index contributed by atoms with van der Waals surface area (Å²) in [5.74, 6) is -0.686. The van der Waals surface area contributed by atoms with Crippen LogP contribution >= 0.6 is 11.8 Å². The molecular weight excluding hydrogens is 324 g/mol. The van der Waals surface area contributed by atoms with Crippen LogP contribution in [-0.4, -0.2) is 24.2 Å². The summed E-state index contributed by atoms with van der Waals surface area (Å²) in [5.41, 5.74) is 1.42. The first-order valence-electron chi connectivity index (χ1n) is 7.93. The molecule has 6 heteroatoms. The molecule has 1 amide bonds. The van der Waals surface area contributed by atoms with E-state index in [-0.39, 0.29) is 30.0 Å². The fourth-order valence-electron chi connectivity index (χ4n) is 2.41. The molecule has 24 heavy (non-hydrogen) atoms. The number of ether oxygens (including phenoxy) is 1. The monoisotopic (exact) mass is 344 g/mol. The summed E-state index contributed by atoms with van der Waals surface area (Å²) in [6, 6.07) is 11.7. The summed E-state index contributed by atoms with van der Waals surface area (Å²) >= 11 is 1.15. The summed E-state index contributed by atoms with van der Waals surface area (Å²) in [5, 5.41) is 12.7. The van der Waals surface area contributed by atoms with Crippen molar-refractivity contribution >= 4 is 23.6 Å². The summed E-state index contributed by atoms with van der Waals surface area (Å²) < 4.78 is 5.10. The maximum Gasteiger partial charge on any atom is 0.316 e. The lowest BCUT2D eigenvalue weighted by molar-refractivity contribution is -0.140. The second-order valence-corrected chi connectivity index (χ2v) is 6.42. The predicted molar refractivity (Wildman–Crippen MR) is 92.9 cm³/mol. The average Bonchev–Trinajstić information content (AvgIpc) is 2.60. The molecule has 126 valence electrons. The Morgan fingerprint density at radius 1 is 1.42 bits per heavy atom. The Hall–Kier alpha value is -2.26. The summed E-state index contributed by atoms with van der Waals surface area (Å²) in [4.78, 5) is 23.7. The number of esters is 1. The van der Waals surface area contributed by atoms with Crippen LogP contribution < -0.4 is 5.32 Å². The van der Waals surface area contributed by atoms with E-state index in [9.17, 15) is 14.9 Å². The van der Waals surface area contributed by atoms with E-state index in [0.717, 1.165) is 30.2 Å². The van der Waals surface area contributed by atoms with Gasteiger partial charge < -0.3 is 10.1 Å². The van der Waals surface area contributed by atoms with Crippen LogP contribution in [0.1, 0.15) is 37.7 Å². The first-order valence-corrected chi connectivity index (χ1v) is 8.91. The van der Waals surface area contributed by atoms with Crippen LogP contribution in [0.25, 0.3) is 0 Å². The molecule has 0 saturated carbocycles. The van der Waals surface area contributed by atoms with Gasteiger partial charge in [-0.3, -0.25) is 9.59 Å². The molecule has 0 radical (unpaired) electrons. The minimum atomic E-state index is -0.339. The smallest absolute Gasteiger partial charge is 0.316 e. The Labute approximate surface area is 146 Å². The Kier molecular flexibility index (Phi) is 6.89. The minimum Gasteiger partial charge on any atom is -0.465 e. The van der Waals surface area contributed by atoms with Gasteiger partial charge >= 0.3 is 5.97 Å². The van der Waals surface area contributed by atoms with Gasteiger partial charge in [0.25, 0.3) is 0 Å². The molecule has 1 N–H and O–H groups in total. The summed E-state index contributed by atoms with van der Waals surface area (Å²) in [6.07, 6.45) is 2.02. The SMILES string of the molecule is CCCCOC(=O)CSC1=C(C#N)[C@@H](c2ccccc2)CC(=O)N1. The van der Waals surface area contributed by atoms with E-state index in [1.165, 1.54) is 0 Å². The van der Waals surface area contributed by atoms with E-state index in [4.69, 9.17) is 4.74 Å². The number of carbonyl (C=O) groups is 2. The highest BCUT2D eigenvalue weighted by molar-refractivity contribution is 8.03. The number of hydrogen-bond acceptors (Lipinski definition) is 5. The van der Waals surface area contributed by atoms with E-state index >= 15 is 0 Å². The third kappa shape index (κ3) is 4.87. The van der Waals surface area contributed by atoms with Gasteiger partial charge in [-0.05, 0) is 12.0 Å². The number of nitrogens with zero attached hydrogens (tertiary/aromatic N) is 1. The van der Waals surface area contributed by atoms with Crippen molar-refractivity contribution in [2.24, 2.45) is 0 Å². The molecule has 0 fully saturated rings. The van der Waals surface area contributed by atoms with E-state index in [0.29, 0.717) is 17.2 Å². The molecule has 1 aromatic carbocycles. The molecule has 1 aromatic rings. The Bertz CT molecular complexity index is 665. The van der Waals surface area contributed by atoms with Gasteiger partial charge in [0, 0.05) is 12.3 Å². The van der Waals surface area contributed by atoms with Gasteiger partial charge in [-0.15, -0.1) is 0 Å². The molecule has 1 heterocycles. The third-order valence-corrected chi connectivity index (χ3v) is 4.64. The zero-order valence-electron chi connectivity index (χ0n) is 13.6. The van der Waals surface area contributed by atoms with E-state index in [2.05, 4.69) is 11.4 Å². The highest BCUT2D eigenvalue weighted by atomic mass is 32.2. The Morgan fingerprint density at radius 2 is 2.17 bits per heavy atom. The Morgan fingerprint density at radius 3 is 2.83 bits per heavy atom. The Balaban J connectivity index is 2.10. The van der Waals surface area contributed by atoms with Crippen molar-refractivity contribution in [3.05, 3.63) is 46.5 Å². The second kappa shape index (κ2) is 9.14. The molecular formula is C18H20N2O3S. The van der Waals surface area contributed by atoms with Crippen LogP contribution in [0.2, 0.25) is 0 Å². The van der Waals surface area contributed by atoms with Crippen molar-refractivity contribution in [3.63, 3.8) is 0 Å². The maximum atomic E-state index is 12.0. The highest BCUT2D eigenvalue weighted by Gasteiger charge is 2.29. The summed E-state index contributed by atoms with van der Waals surface area (Å²) in [7, 11) is 0. The molecule has 1 aliphatic heterocycles. The van der Waals surface area contributed by atoms with Crippen LogP contribution in [-0.2, 0) is 14.3 Å². The first-order chi connectivity index (χ1) is 11.7. The maximum absolute atomic E-state index is 12.0. The van der Waals surface area contributed by atoms with Crippen LogP contribution in [0, 0.1) is 11.3 Å². The number of allylic oxidation sites excluding steroid dienone is 1. The molecule has 0 saturated heterocycles. The number of benzene rings is 1. The average molecular weight is 344 g/mol. The van der Waals surface area contributed by atoms with Crippen molar-refractivity contribution in [1.29, 1.82) is 5.26 Å². The molecule has 0 spiro atoms. The number of unbranched alkanes of at least 4 members (excludes halogenated alkanes) is 1. The summed E-state index contributed by atoms with van der Waals surface area (Å²) in [6.45, 7) is 2.42. The number of thioether (sulfide) groups is 1. The van der Waals surface area contributed by atoms with Gasteiger partial charge in [0.15, 0.2) is 0 Å². The van der Waals surface area contributed by atoms with Gasteiger partial charge in [0.2, 0.25) is 5.91 Å². The topological polar surface area (TPSA) is 79.2 Å². The fourth-order valence-corrected chi connectivity index (χ4v) is 3.28. The molecule has 2 rings (SSSR count). The van der Waals surface area contributed by atoms with E-state index in [1.54, 1.807) is 0 Å². The second-order valence-electron chi connectivity index (χ2n) is 5.43. The van der Waals surface area contributed by atoms with Crippen LogP contribution in [0.4, 0.5) is 0 Å². The number of nitrogens with one attached hydrogen (secondary N) is 1. The van der Waals surface area contributed by atoms with E-state index in [1.807, 2.05) is 37.3 Å². The van der Waals surface area contributed by atoms with Crippen LogP contribution in [0.15, 0.2) is 40.9 Å². The number of amides is 1. The van der Waals surface area contributed by atoms with Gasteiger partial charge in [-0.25, -0.2) is 0 Å². The van der Waals surface area contributed by atoms with Gasteiger partial charge in [-0.1, -0.05) is 55.4 Å². The predicted octanol–water partition coefficient (Wildman–Crippen LogP) is 3.10. The quantitative estimate of drug-likeness (QED) is 0.607. The van der Waals surface area contributed by atoms with Crippen molar-refractivity contribution in [2.75, 3.05) is 12.4 Å². The molecule has 0 aliphatic carbocycles. The molecule has 1 aliphatic rings. The molecule has 5 nitrogen and oxygen atoms in total. The lowest BCUT2D eigenvalue weighted by atomic mass is 9.87. The minimum absolute atomic E-state index is 0.0754. The normalized spacial score (nSPS) is 17.2. The van der Waals surface area contributed by atoms with Crippen molar-refractivity contribution in [1.82, 2.24) is 5.32 Å². The zero-order chi connectivity index (χ0) is 17.4. The number of carbonyl (C=O) groups excluding carboxylic acids is 2. The lowest BCUT2D eigenvalue weighted by Crippen LogP contribution is -2.31. The lowest BCUT2D eigenvalue weighted by Gasteiger charge is -2.24. The van der Waals surface area contributed by atoms with Gasteiger partial charge in [0.1, 0.15) is 0 Å². The third-order valence-electron chi connectivity index (χ3n) is 3.65. The fraction of sp³-hybridized carbons (Fsp3) is 0.389. The van der Waals surface area contributed by atoms with Gasteiger partial charge in [0.05, 0.1) is 29.0 Å². The van der Waals surface area contributed by atoms with Crippen molar-refractivity contribution < 1.29 is 14.3 Å². The standard InChI is InChI=1S/C18H20N2O3S/c1-2-3-9-23-17(22)12-24-18-15(11-19)14(10-16(21)20-18)13-7-5-4-6-8-13/h4-8,14H,2-3,9-10,12H2,1H3,(H,20,21)/t14-/m1/s1. The number of rotatable bonds is 7. The first kappa shape index (κ1) is 18.1. The van der Waals surface area contributed by atoms with Crippen LogP contribution in [0.3, 0.4) is 0 Å². The molecule has 0 aromatic heterocycles. The highest BCUT2D eigenvalue weighted by Crippen LogP contribution is 2.35. The molecule has 0 unspecified atom stereocenters. The van der Waals surface area contributed by atoms with Crippen LogP contribution in [0.5, 0.6) is 0 Å². The molecule has 0 bridgehead atoms.